The van der Waals surface area contributed by atoms with Crippen LogP contribution in [0, 0.1) is 11.6 Å². The molecule has 0 spiro atoms. The van der Waals surface area contributed by atoms with Gasteiger partial charge >= 0.3 is 0 Å². The predicted octanol–water partition coefficient (Wildman–Crippen LogP) is 0.941. The van der Waals surface area contributed by atoms with Crippen molar-refractivity contribution in [1.29, 1.82) is 0 Å². The number of nitrogen functional groups attached to an aromatic ring is 1. The third kappa shape index (κ3) is 4.89. The van der Waals surface area contributed by atoms with Crippen LogP contribution in [0.15, 0.2) is 17.0 Å². The van der Waals surface area contributed by atoms with E-state index in [4.69, 9.17) is 10.8 Å². The average Bonchev–Trinajstić information content (AvgIpc) is 2.31. The van der Waals surface area contributed by atoms with Crippen LogP contribution in [-0.2, 0) is 10.0 Å². The number of thioether (sulfide) groups is 1. The highest BCUT2D eigenvalue weighted by Crippen LogP contribution is 2.21. The number of nitrogens with one attached hydrogen (secondary N) is 1. The Morgan fingerprint density at radius 3 is 2.40 bits per heavy atom. The molecule has 0 radical (unpaired) electrons. The average molecular weight is 326 g/mol. The fourth-order valence-corrected chi connectivity index (χ4v) is 3.48. The molecule has 0 aliphatic carbocycles. The maximum absolute atomic E-state index is 13.5. The molecule has 0 aromatic heterocycles. The summed E-state index contributed by atoms with van der Waals surface area (Å²) in [5.74, 6) is -1.31. The molecule has 1 aromatic rings. The van der Waals surface area contributed by atoms with Crippen LogP contribution in [0.3, 0.4) is 0 Å². The van der Waals surface area contributed by atoms with Crippen LogP contribution in [0.4, 0.5) is 14.5 Å². The summed E-state index contributed by atoms with van der Waals surface area (Å²) in [6, 6.07) is 1.52. The number of aliphatic hydroxyl groups excluding tert-OH is 1. The number of halogens is 2. The number of anilines is 1. The minimum Gasteiger partial charge on any atom is -0.399 e. The number of aliphatic hydroxyl groups is 1. The molecule has 0 heterocycles. The number of hydrogen-bond donors (Lipinski definition) is 3. The van der Waals surface area contributed by atoms with Gasteiger partial charge in [-0.1, -0.05) is 0 Å². The van der Waals surface area contributed by atoms with Crippen LogP contribution >= 0.6 is 11.8 Å². The van der Waals surface area contributed by atoms with E-state index in [0.717, 1.165) is 12.1 Å². The Morgan fingerprint density at radius 1 is 1.25 bits per heavy atom. The van der Waals surface area contributed by atoms with Crippen molar-refractivity contribution >= 4 is 27.5 Å². The van der Waals surface area contributed by atoms with Gasteiger partial charge in [0.05, 0.1) is 0 Å². The molecule has 0 saturated carbocycles. The highest BCUT2D eigenvalue weighted by Gasteiger charge is 2.24. The van der Waals surface area contributed by atoms with Crippen molar-refractivity contribution in [2.24, 2.45) is 0 Å². The molecule has 0 unspecified atom stereocenters. The summed E-state index contributed by atoms with van der Waals surface area (Å²) in [7, 11) is -4.25. The minimum atomic E-state index is -4.25. The second-order valence-corrected chi connectivity index (χ2v) is 6.83. The molecule has 0 amide bonds. The third-order valence-corrected chi connectivity index (χ3v) is 4.86. The van der Waals surface area contributed by atoms with Gasteiger partial charge in [-0.2, -0.15) is 11.8 Å². The molecular weight excluding hydrogens is 310 g/mol. The first kappa shape index (κ1) is 17.2. The lowest BCUT2D eigenvalue weighted by atomic mass is 10.3. The smallest absolute Gasteiger partial charge is 0.246 e. The van der Waals surface area contributed by atoms with Crippen molar-refractivity contribution in [3.8, 4) is 0 Å². The normalized spacial score (nSPS) is 11.8. The van der Waals surface area contributed by atoms with E-state index in [-0.39, 0.29) is 18.8 Å². The summed E-state index contributed by atoms with van der Waals surface area (Å²) < 4.78 is 52.7. The van der Waals surface area contributed by atoms with Crippen LogP contribution in [-0.4, -0.2) is 38.2 Å². The standard InChI is InChI=1S/C11H16F2N2O3S2/c12-9-6-8(14)7-10(13)11(9)20(17,18)15-2-5-19-4-1-3-16/h6-7,15-16H,1-5,14H2. The fraction of sp³-hybridized carbons (Fsp3) is 0.455. The number of rotatable bonds is 8. The highest BCUT2D eigenvalue weighted by molar-refractivity contribution is 7.99. The zero-order valence-electron chi connectivity index (χ0n) is 10.6. The topological polar surface area (TPSA) is 92.4 Å². The van der Waals surface area contributed by atoms with Crippen LogP contribution in [0.2, 0.25) is 0 Å². The first-order chi connectivity index (χ1) is 9.38. The van der Waals surface area contributed by atoms with Crippen LogP contribution in [0.5, 0.6) is 0 Å². The minimum absolute atomic E-state index is 0.0433. The molecule has 0 bridgehead atoms. The lowest BCUT2D eigenvalue weighted by Gasteiger charge is -2.09. The van der Waals surface area contributed by atoms with E-state index in [2.05, 4.69) is 4.72 Å². The highest BCUT2D eigenvalue weighted by atomic mass is 32.2. The van der Waals surface area contributed by atoms with Gasteiger partial charge in [-0.3, -0.25) is 0 Å². The van der Waals surface area contributed by atoms with E-state index in [1.165, 1.54) is 11.8 Å². The number of benzene rings is 1. The molecule has 0 saturated heterocycles. The van der Waals surface area contributed by atoms with Crippen molar-refractivity contribution in [3.05, 3.63) is 23.8 Å². The predicted molar refractivity (Wildman–Crippen MR) is 75.0 cm³/mol. The van der Waals surface area contributed by atoms with Gasteiger partial charge < -0.3 is 10.8 Å². The molecule has 0 aliphatic heterocycles. The summed E-state index contributed by atoms with van der Waals surface area (Å²) in [6.07, 6.45) is 0.610. The van der Waals surface area contributed by atoms with E-state index in [1.807, 2.05) is 0 Å². The largest absolute Gasteiger partial charge is 0.399 e. The Labute approximate surface area is 120 Å². The SMILES string of the molecule is Nc1cc(F)c(S(=O)(=O)NCCSCCCO)c(F)c1. The van der Waals surface area contributed by atoms with Crippen molar-refractivity contribution in [3.63, 3.8) is 0 Å². The first-order valence-electron chi connectivity index (χ1n) is 5.81. The Hall–Kier alpha value is -0.900. The second-order valence-electron chi connectivity index (χ2n) is 3.90. The molecule has 9 heteroatoms. The summed E-state index contributed by atoms with van der Waals surface area (Å²) in [5, 5.41) is 8.57. The molecule has 20 heavy (non-hydrogen) atoms. The Balaban J connectivity index is 2.66. The van der Waals surface area contributed by atoms with Crippen molar-refractivity contribution in [1.82, 2.24) is 4.72 Å². The fourth-order valence-electron chi connectivity index (χ4n) is 1.43. The molecule has 5 nitrogen and oxygen atoms in total. The van der Waals surface area contributed by atoms with Gasteiger partial charge in [-0.25, -0.2) is 21.9 Å². The summed E-state index contributed by atoms with van der Waals surface area (Å²) in [6.45, 7) is 0.113. The summed E-state index contributed by atoms with van der Waals surface area (Å²) >= 11 is 1.43. The molecule has 1 aromatic carbocycles. The first-order valence-corrected chi connectivity index (χ1v) is 8.45. The van der Waals surface area contributed by atoms with E-state index >= 15 is 0 Å². The lowest BCUT2D eigenvalue weighted by Crippen LogP contribution is -2.28. The molecule has 4 N–H and O–H groups in total. The third-order valence-electron chi connectivity index (χ3n) is 2.27. The molecular formula is C11H16F2N2O3S2. The van der Waals surface area contributed by atoms with Crippen LogP contribution < -0.4 is 10.5 Å². The molecule has 114 valence electrons. The van der Waals surface area contributed by atoms with Gasteiger partial charge in [0.1, 0.15) is 11.6 Å². The lowest BCUT2D eigenvalue weighted by molar-refractivity contribution is 0.296. The van der Waals surface area contributed by atoms with Crippen molar-refractivity contribution in [2.45, 2.75) is 11.3 Å². The van der Waals surface area contributed by atoms with Gasteiger partial charge in [0, 0.05) is 24.6 Å². The zero-order valence-corrected chi connectivity index (χ0v) is 12.2. The summed E-state index contributed by atoms with van der Waals surface area (Å²) in [5.41, 5.74) is 5.04. The van der Waals surface area contributed by atoms with Crippen LogP contribution in [0.25, 0.3) is 0 Å². The van der Waals surface area contributed by atoms with Crippen molar-refractivity contribution < 1.29 is 22.3 Å². The maximum atomic E-state index is 13.5. The van der Waals surface area contributed by atoms with Gasteiger partial charge in [0.2, 0.25) is 10.0 Å². The van der Waals surface area contributed by atoms with E-state index in [9.17, 15) is 17.2 Å². The molecule has 0 atom stereocenters. The molecule has 1 rings (SSSR count). The maximum Gasteiger partial charge on any atom is 0.246 e. The number of sulfonamides is 1. The monoisotopic (exact) mass is 326 g/mol. The van der Waals surface area contributed by atoms with Gasteiger partial charge in [0.25, 0.3) is 0 Å². The second kappa shape index (κ2) is 7.77. The Bertz CT molecular complexity index is 530. The van der Waals surface area contributed by atoms with E-state index < -0.39 is 26.6 Å². The van der Waals surface area contributed by atoms with Gasteiger partial charge in [0.15, 0.2) is 4.90 Å². The molecule has 0 fully saturated rings. The Morgan fingerprint density at radius 2 is 1.85 bits per heavy atom. The van der Waals surface area contributed by atoms with E-state index in [1.54, 1.807) is 0 Å². The quantitative estimate of drug-likeness (QED) is 0.488. The summed E-state index contributed by atoms with van der Waals surface area (Å²) in [4.78, 5) is -1.02. The van der Waals surface area contributed by atoms with Crippen molar-refractivity contribution in [2.75, 3.05) is 30.4 Å². The Kier molecular flexibility index (Phi) is 6.66. The van der Waals surface area contributed by atoms with E-state index in [0.29, 0.717) is 17.9 Å². The number of nitrogens with two attached hydrogens (primary N) is 1. The van der Waals surface area contributed by atoms with Crippen LogP contribution in [0.1, 0.15) is 6.42 Å². The zero-order chi connectivity index (χ0) is 15.2. The number of hydrogen-bond acceptors (Lipinski definition) is 5. The van der Waals surface area contributed by atoms with Gasteiger partial charge in [-0.05, 0) is 24.3 Å². The molecule has 0 aliphatic rings. The van der Waals surface area contributed by atoms with Gasteiger partial charge in [-0.15, -0.1) is 0 Å².